The molecule has 0 spiro atoms. The number of carbonyl (C=O) groups is 1. The van der Waals surface area contributed by atoms with Crippen molar-refractivity contribution in [2.75, 3.05) is 37.6 Å². The molecule has 0 amide bonds. The summed E-state index contributed by atoms with van der Waals surface area (Å²) >= 11 is 0. The monoisotopic (exact) mass is 446 g/mol. The van der Waals surface area contributed by atoms with Gasteiger partial charge in [-0.25, -0.2) is 0 Å². The van der Waals surface area contributed by atoms with Gasteiger partial charge in [0.15, 0.2) is 0 Å². The SMILES string of the molecule is O=C1CCC(c2ccc(CCCCN3CCN(c4cccc(C(F)(F)F)c4)CC3)cc2)O1. The van der Waals surface area contributed by atoms with Gasteiger partial charge in [-0.3, -0.25) is 9.69 Å². The molecule has 2 aliphatic heterocycles. The van der Waals surface area contributed by atoms with Gasteiger partial charge in [0.2, 0.25) is 0 Å². The van der Waals surface area contributed by atoms with Gasteiger partial charge in [0.25, 0.3) is 0 Å². The highest BCUT2D eigenvalue weighted by Gasteiger charge is 2.31. The molecule has 2 saturated heterocycles. The summed E-state index contributed by atoms with van der Waals surface area (Å²) in [6.07, 6.45) is 0.0547. The lowest BCUT2D eigenvalue weighted by atomic mass is 10.0. The van der Waals surface area contributed by atoms with Crippen molar-refractivity contribution < 1.29 is 22.7 Å². The van der Waals surface area contributed by atoms with Crippen LogP contribution in [0.3, 0.4) is 0 Å². The van der Waals surface area contributed by atoms with E-state index in [9.17, 15) is 18.0 Å². The topological polar surface area (TPSA) is 32.8 Å². The van der Waals surface area contributed by atoms with Crippen LogP contribution >= 0.6 is 0 Å². The number of halogens is 3. The van der Waals surface area contributed by atoms with Crippen LogP contribution < -0.4 is 4.90 Å². The molecule has 2 fully saturated rings. The number of nitrogens with zero attached hydrogens (tertiary/aromatic N) is 2. The molecule has 4 rings (SSSR count). The summed E-state index contributed by atoms with van der Waals surface area (Å²) in [5.74, 6) is -0.116. The Morgan fingerprint density at radius 1 is 0.969 bits per heavy atom. The lowest BCUT2D eigenvalue weighted by Gasteiger charge is -2.36. The lowest BCUT2D eigenvalue weighted by Crippen LogP contribution is -2.46. The Hall–Kier alpha value is -2.54. The van der Waals surface area contributed by atoms with E-state index in [1.807, 2.05) is 4.90 Å². The summed E-state index contributed by atoms with van der Waals surface area (Å²) in [6, 6.07) is 14.0. The molecule has 0 radical (unpaired) electrons. The number of hydrogen-bond donors (Lipinski definition) is 0. The third-order valence-corrected chi connectivity index (χ3v) is 6.34. The number of cyclic esters (lactones) is 1. The van der Waals surface area contributed by atoms with Crippen LogP contribution in [0, 0.1) is 0 Å². The van der Waals surface area contributed by atoms with Crippen LogP contribution in [0.25, 0.3) is 0 Å². The van der Waals surface area contributed by atoms with Crippen molar-refractivity contribution in [2.45, 2.75) is 44.4 Å². The second-order valence-electron chi connectivity index (χ2n) is 8.59. The first-order valence-corrected chi connectivity index (χ1v) is 11.3. The number of ether oxygens (including phenoxy) is 1. The Morgan fingerprint density at radius 3 is 2.38 bits per heavy atom. The molecule has 0 aliphatic carbocycles. The van der Waals surface area contributed by atoms with Gasteiger partial charge in [-0.2, -0.15) is 13.2 Å². The molecular formula is C25H29F3N2O2. The number of aryl methyl sites for hydroxylation is 1. The van der Waals surface area contributed by atoms with Crippen LogP contribution in [0.5, 0.6) is 0 Å². The molecule has 2 heterocycles. The second kappa shape index (κ2) is 9.94. The second-order valence-corrected chi connectivity index (χ2v) is 8.59. The van der Waals surface area contributed by atoms with Gasteiger partial charge in [-0.1, -0.05) is 30.3 Å². The third-order valence-electron chi connectivity index (χ3n) is 6.34. The van der Waals surface area contributed by atoms with Crippen molar-refractivity contribution in [3.05, 3.63) is 65.2 Å². The molecule has 2 aromatic rings. The number of unbranched alkanes of at least 4 members (excludes halogenated alkanes) is 1. The number of carbonyl (C=O) groups excluding carboxylic acids is 1. The fourth-order valence-corrected chi connectivity index (χ4v) is 4.43. The smallest absolute Gasteiger partial charge is 0.416 e. The molecule has 0 saturated carbocycles. The summed E-state index contributed by atoms with van der Waals surface area (Å²) in [5.41, 5.74) is 2.41. The Balaban J connectivity index is 1.16. The van der Waals surface area contributed by atoms with E-state index in [-0.39, 0.29) is 12.1 Å². The number of anilines is 1. The molecule has 0 N–H and O–H groups in total. The summed E-state index contributed by atoms with van der Waals surface area (Å²) < 4.78 is 44.2. The van der Waals surface area contributed by atoms with Crippen LogP contribution in [0.1, 0.15) is 48.5 Å². The fourth-order valence-electron chi connectivity index (χ4n) is 4.43. The zero-order chi connectivity index (χ0) is 22.6. The van der Waals surface area contributed by atoms with Gasteiger partial charge in [0.1, 0.15) is 6.10 Å². The van der Waals surface area contributed by atoms with Crippen molar-refractivity contribution in [3.63, 3.8) is 0 Å². The van der Waals surface area contributed by atoms with Crippen LogP contribution in [-0.4, -0.2) is 43.6 Å². The molecule has 172 valence electrons. The molecule has 32 heavy (non-hydrogen) atoms. The number of hydrogen-bond acceptors (Lipinski definition) is 4. The van der Waals surface area contributed by atoms with Crippen molar-refractivity contribution in [3.8, 4) is 0 Å². The number of benzene rings is 2. The Bertz CT molecular complexity index is 906. The highest BCUT2D eigenvalue weighted by molar-refractivity contribution is 5.71. The first-order valence-electron chi connectivity index (χ1n) is 11.3. The van der Waals surface area contributed by atoms with E-state index in [2.05, 4.69) is 29.2 Å². The van der Waals surface area contributed by atoms with E-state index in [1.54, 1.807) is 6.07 Å². The van der Waals surface area contributed by atoms with Crippen molar-refractivity contribution in [2.24, 2.45) is 0 Å². The highest BCUT2D eigenvalue weighted by atomic mass is 19.4. The van der Waals surface area contributed by atoms with Crippen LogP contribution in [0.2, 0.25) is 0 Å². The predicted molar refractivity (Wildman–Crippen MR) is 118 cm³/mol. The molecule has 4 nitrogen and oxygen atoms in total. The van der Waals surface area contributed by atoms with E-state index in [4.69, 9.17) is 4.74 Å². The van der Waals surface area contributed by atoms with Gasteiger partial charge in [-0.15, -0.1) is 0 Å². The quantitative estimate of drug-likeness (QED) is 0.431. The number of alkyl halides is 3. The predicted octanol–water partition coefficient (Wildman–Crippen LogP) is 5.23. The summed E-state index contributed by atoms with van der Waals surface area (Å²) in [5, 5.41) is 0. The molecule has 1 unspecified atom stereocenters. The van der Waals surface area contributed by atoms with Gasteiger partial charge in [0, 0.05) is 38.3 Å². The van der Waals surface area contributed by atoms with Crippen molar-refractivity contribution in [1.82, 2.24) is 4.90 Å². The zero-order valence-corrected chi connectivity index (χ0v) is 18.1. The van der Waals surface area contributed by atoms with E-state index < -0.39 is 11.7 Å². The Kier molecular flexibility index (Phi) is 7.04. The highest BCUT2D eigenvalue weighted by Crippen LogP contribution is 2.32. The lowest BCUT2D eigenvalue weighted by molar-refractivity contribution is -0.141. The minimum atomic E-state index is -4.30. The minimum absolute atomic E-state index is 0.0915. The van der Waals surface area contributed by atoms with Crippen molar-refractivity contribution >= 4 is 11.7 Å². The maximum Gasteiger partial charge on any atom is 0.416 e. The van der Waals surface area contributed by atoms with E-state index in [0.717, 1.165) is 70.0 Å². The first-order chi connectivity index (χ1) is 15.4. The molecule has 2 aromatic carbocycles. The average molecular weight is 447 g/mol. The number of rotatable bonds is 7. The van der Waals surface area contributed by atoms with Crippen molar-refractivity contribution in [1.29, 1.82) is 0 Å². The molecule has 0 aromatic heterocycles. The van der Waals surface area contributed by atoms with E-state index in [1.165, 1.54) is 17.7 Å². The largest absolute Gasteiger partial charge is 0.457 e. The normalized spacial score (nSPS) is 19.9. The molecule has 2 aliphatic rings. The van der Waals surface area contributed by atoms with Gasteiger partial charge >= 0.3 is 12.1 Å². The minimum Gasteiger partial charge on any atom is -0.457 e. The molecule has 0 bridgehead atoms. The van der Waals surface area contributed by atoms with Gasteiger partial charge in [0.05, 0.1) is 5.56 Å². The Labute approximate surface area is 187 Å². The van der Waals surface area contributed by atoms with Crippen LogP contribution in [0.15, 0.2) is 48.5 Å². The van der Waals surface area contributed by atoms with Crippen LogP contribution in [-0.2, 0) is 22.1 Å². The number of esters is 1. The first kappa shape index (κ1) is 22.6. The summed E-state index contributed by atoms with van der Waals surface area (Å²) in [4.78, 5) is 15.7. The summed E-state index contributed by atoms with van der Waals surface area (Å²) in [6.45, 7) is 4.23. The van der Waals surface area contributed by atoms with Gasteiger partial charge < -0.3 is 9.64 Å². The summed E-state index contributed by atoms with van der Waals surface area (Å²) in [7, 11) is 0. The maximum absolute atomic E-state index is 13.0. The zero-order valence-electron chi connectivity index (χ0n) is 18.1. The van der Waals surface area contributed by atoms with Gasteiger partial charge in [-0.05, 0) is 61.6 Å². The third kappa shape index (κ3) is 5.82. The number of piperazine rings is 1. The maximum atomic E-state index is 13.0. The standard InChI is InChI=1S/C25H29F3N2O2/c26-25(27,28)21-5-3-6-22(18-21)30-16-14-29(15-17-30)13-2-1-4-19-7-9-20(10-8-19)23-11-12-24(31)32-23/h3,5-10,18,23H,1-2,4,11-17H2. The molecule has 7 heteroatoms. The Morgan fingerprint density at radius 2 is 1.72 bits per heavy atom. The molecular weight excluding hydrogens is 417 g/mol. The molecule has 1 atom stereocenters. The average Bonchev–Trinajstić information content (AvgIpc) is 3.23. The van der Waals surface area contributed by atoms with E-state index in [0.29, 0.717) is 12.1 Å². The van der Waals surface area contributed by atoms with Crippen LogP contribution in [0.4, 0.5) is 18.9 Å². The fraction of sp³-hybridized carbons (Fsp3) is 0.480. The van der Waals surface area contributed by atoms with E-state index >= 15 is 0 Å².